The minimum atomic E-state index is -4.54. The molecule has 0 heterocycles. The lowest BCUT2D eigenvalue weighted by atomic mass is 10.1. The van der Waals surface area contributed by atoms with Gasteiger partial charge in [0.1, 0.15) is 15.1 Å². The number of hydrogen-bond donors (Lipinski definition) is 5. The van der Waals surface area contributed by atoms with Crippen molar-refractivity contribution in [2.45, 2.75) is 16.4 Å². The van der Waals surface area contributed by atoms with Gasteiger partial charge in [-0.1, -0.05) is 48.5 Å². The van der Waals surface area contributed by atoms with E-state index in [2.05, 4.69) is 21.1 Å². The molecule has 0 bridgehead atoms. The van der Waals surface area contributed by atoms with Crippen LogP contribution in [0.25, 0.3) is 21.5 Å². The predicted molar refractivity (Wildman–Crippen MR) is 153 cm³/mol. The Morgan fingerprint density at radius 2 is 1.07 bits per heavy atom. The number of anilines is 2. The molecule has 5 N–H and O–H groups in total. The lowest BCUT2D eigenvalue weighted by Crippen LogP contribution is -2.50. The van der Waals surface area contributed by atoms with Gasteiger partial charge in [-0.25, -0.2) is 0 Å². The number of nitrogens with zero attached hydrogens (tertiary/aromatic N) is 2. The average Bonchev–Trinajstić information content (AvgIpc) is 2.95. The highest BCUT2D eigenvalue weighted by atomic mass is 32.2. The number of benzene rings is 5. The van der Waals surface area contributed by atoms with Gasteiger partial charge in [0.05, 0.1) is 18.0 Å². The largest absolute Gasteiger partial charge is 0.392 e. The standard InChI is InChI=1S/C27H20N4O9S2/c32-14-15-13-22(30-28-20-9-11-23(41(35,36)37)18-7-3-1-5-16(18)20)27(34)25(26(15)33)31-29-21-10-12-24(42(38,39)40)19-8-4-2-6-17(19)21/h1-13,28-29,32H,14H2,(H,35,36,37)(H,38,39,40). The number of nitrogens with one attached hydrogen (secondary N) is 2. The third-order valence-electron chi connectivity index (χ3n) is 6.34. The monoisotopic (exact) mass is 608 g/mol. The zero-order valence-corrected chi connectivity index (χ0v) is 22.8. The summed E-state index contributed by atoms with van der Waals surface area (Å²) in [5.41, 5.74) is 3.78. The molecule has 5 aromatic rings. The van der Waals surface area contributed by atoms with E-state index in [1.54, 1.807) is 36.4 Å². The number of fused-ring (bicyclic) bond motifs is 2. The molecule has 15 heteroatoms. The van der Waals surface area contributed by atoms with Crippen LogP contribution >= 0.6 is 0 Å². The summed E-state index contributed by atoms with van der Waals surface area (Å²) >= 11 is 0. The molecule has 13 nitrogen and oxygen atoms in total. The first-order valence-corrected chi connectivity index (χ1v) is 14.8. The van der Waals surface area contributed by atoms with E-state index in [0.717, 1.165) is 18.2 Å². The molecule has 0 radical (unpaired) electrons. The topological polar surface area (TPSA) is 212 Å². The third-order valence-corrected chi connectivity index (χ3v) is 8.17. The number of hydrogen-bond acceptors (Lipinski definition) is 11. The Bertz CT molecular complexity index is 2350. The SMILES string of the molecule is O=c1c(CO)cc(=NNc2ccc(S(=O)(=O)O)c3ccccc23)c(=O)c1=NNc1ccc(S(=O)(=O)O)c2ccccc12. The van der Waals surface area contributed by atoms with E-state index in [0.29, 0.717) is 10.8 Å². The van der Waals surface area contributed by atoms with E-state index in [1.165, 1.54) is 24.3 Å². The fraction of sp³-hybridized carbons (Fsp3) is 0.0370. The Balaban J connectivity index is 1.62. The third kappa shape index (κ3) is 5.41. The normalized spacial score (nSPS) is 13.1. The molecule has 0 atom stereocenters. The second-order valence-electron chi connectivity index (χ2n) is 8.93. The first-order chi connectivity index (χ1) is 19.9. The number of aliphatic hydroxyl groups is 1. The number of aliphatic hydroxyl groups excluding tert-OH is 1. The Kier molecular flexibility index (Phi) is 7.44. The molecular weight excluding hydrogens is 588 g/mol. The smallest absolute Gasteiger partial charge is 0.295 e. The maximum Gasteiger partial charge on any atom is 0.295 e. The lowest BCUT2D eigenvalue weighted by Gasteiger charge is -2.09. The van der Waals surface area contributed by atoms with Crippen LogP contribution in [0.3, 0.4) is 0 Å². The van der Waals surface area contributed by atoms with Crippen molar-refractivity contribution >= 4 is 53.2 Å². The summed E-state index contributed by atoms with van der Waals surface area (Å²) in [6.45, 7) is -0.734. The van der Waals surface area contributed by atoms with Crippen LogP contribution < -0.4 is 32.4 Å². The average molecular weight is 609 g/mol. The molecule has 42 heavy (non-hydrogen) atoms. The summed E-state index contributed by atoms with van der Waals surface area (Å²) in [5, 5.41) is 17.9. The van der Waals surface area contributed by atoms with E-state index < -0.39 is 43.1 Å². The van der Waals surface area contributed by atoms with Gasteiger partial charge in [0, 0.05) is 27.1 Å². The summed E-state index contributed by atoms with van der Waals surface area (Å²) in [6.07, 6.45) is 0. The van der Waals surface area contributed by atoms with Crippen LogP contribution in [0.4, 0.5) is 11.4 Å². The molecule has 0 fully saturated rings. The Morgan fingerprint density at radius 1 is 0.619 bits per heavy atom. The van der Waals surface area contributed by atoms with Gasteiger partial charge in [0.25, 0.3) is 20.2 Å². The van der Waals surface area contributed by atoms with Gasteiger partial charge in [-0.05, 0) is 30.3 Å². The second-order valence-corrected chi connectivity index (χ2v) is 11.7. The van der Waals surface area contributed by atoms with E-state index in [1.807, 2.05) is 0 Å². The van der Waals surface area contributed by atoms with Crippen LogP contribution in [0.5, 0.6) is 0 Å². The Morgan fingerprint density at radius 3 is 1.52 bits per heavy atom. The van der Waals surface area contributed by atoms with Crippen LogP contribution in [0.2, 0.25) is 0 Å². The molecule has 5 rings (SSSR count). The van der Waals surface area contributed by atoms with Gasteiger partial charge in [-0.3, -0.25) is 29.5 Å². The van der Waals surface area contributed by atoms with Crippen molar-refractivity contribution in [1.82, 2.24) is 0 Å². The molecule has 0 spiro atoms. The van der Waals surface area contributed by atoms with E-state index in [4.69, 9.17) is 0 Å². The second kappa shape index (κ2) is 10.9. The van der Waals surface area contributed by atoms with Crippen molar-refractivity contribution in [3.63, 3.8) is 0 Å². The highest BCUT2D eigenvalue weighted by molar-refractivity contribution is 7.86. The summed E-state index contributed by atoms with van der Waals surface area (Å²) < 4.78 is 66.2. The van der Waals surface area contributed by atoms with Gasteiger partial charge < -0.3 is 5.11 Å². The molecule has 0 saturated heterocycles. The maximum atomic E-state index is 13.2. The summed E-state index contributed by atoms with van der Waals surface area (Å²) in [6, 6.07) is 18.5. The van der Waals surface area contributed by atoms with Crippen LogP contribution in [0.15, 0.2) is 108 Å². The molecule has 0 aliphatic heterocycles. The summed E-state index contributed by atoms with van der Waals surface area (Å²) in [5.74, 6) is 0. The fourth-order valence-corrected chi connectivity index (χ4v) is 5.79. The molecule has 0 saturated carbocycles. The summed E-state index contributed by atoms with van der Waals surface area (Å²) in [4.78, 5) is 25.4. The van der Waals surface area contributed by atoms with Crippen molar-refractivity contribution in [2.24, 2.45) is 10.2 Å². The predicted octanol–water partition coefficient (Wildman–Crippen LogP) is 1.43. The maximum absolute atomic E-state index is 13.2. The molecule has 0 aliphatic rings. The first kappa shape index (κ1) is 28.7. The molecule has 214 valence electrons. The van der Waals surface area contributed by atoms with Gasteiger partial charge in [-0.15, -0.1) is 0 Å². The van der Waals surface area contributed by atoms with Crippen LogP contribution in [-0.2, 0) is 26.8 Å². The van der Waals surface area contributed by atoms with Crippen LogP contribution in [-0.4, -0.2) is 31.0 Å². The van der Waals surface area contributed by atoms with Crippen molar-refractivity contribution in [3.05, 3.63) is 116 Å². The Hall–Kier alpha value is -4.80. The van der Waals surface area contributed by atoms with Gasteiger partial charge in [0.2, 0.25) is 10.9 Å². The molecule has 5 aromatic carbocycles. The Labute approximate surface area is 236 Å². The van der Waals surface area contributed by atoms with E-state index in [9.17, 15) is 40.6 Å². The first-order valence-electron chi connectivity index (χ1n) is 12.0. The number of rotatable bonds is 7. The van der Waals surface area contributed by atoms with E-state index in [-0.39, 0.29) is 42.9 Å². The quantitative estimate of drug-likeness (QED) is 0.132. The highest BCUT2D eigenvalue weighted by Crippen LogP contribution is 2.30. The minimum absolute atomic E-state index is 0.168. The van der Waals surface area contributed by atoms with Crippen molar-refractivity contribution in [3.8, 4) is 0 Å². The van der Waals surface area contributed by atoms with Crippen molar-refractivity contribution < 1.29 is 31.0 Å². The zero-order valence-electron chi connectivity index (χ0n) is 21.2. The highest BCUT2D eigenvalue weighted by Gasteiger charge is 2.17. The van der Waals surface area contributed by atoms with E-state index >= 15 is 0 Å². The van der Waals surface area contributed by atoms with Crippen molar-refractivity contribution in [1.29, 1.82) is 0 Å². The molecular formula is C27H20N4O9S2. The fourth-order valence-electron chi connectivity index (χ4n) is 4.40. The lowest BCUT2D eigenvalue weighted by molar-refractivity contribution is 0.280. The van der Waals surface area contributed by atoms with Gasteiger partial charge >= 0.3 is 0 Å². The molecule has 0 aromatic heterocycles. The molecule has 0 aliphatic carbocycles. The minimum Gasteiger partial charge on any atom is -0.392 e. The van der Waals surface area contributed by atoms with Crippen LogP contribution in [0, 0.1) is 0 Å². The van der Waals surface area contributed by atoms with Gasteiger partial charge in [0.15, 0.2) is 5.36 Å². The zero-order chi connectivity index (χ0) is 30.2. The molecule has 0 amide bonds. The summed E-state index contributed by atoms with van der Waals surface area (Å²) in [7, 11) is -9.07. The van der Waals surface area contributed by atoms with Crippen molar-refractivity contribution in [2.75, 3.05) is 10.9 Å². The van der Waals surface area contributed by atoms with Crippen LogP contribution in [0.1, 0.15) is 5.56 Å². The van der Waals surface area contributed by atoms with Gasteiger partial charge in [-0.2, -0.15) is 27.0 Å². The molecule has 0 unspecified atom stereocenters.